The van der Waals surface area contributed by atoms with Gasteiger partial charge in [0.15, 0.2) is 0 Å². The molecule has 1 aromatic heterocycles. The molecule has 1 rings (SSSR count). The van der Waals surface area contributed by atoms with E-state index in [0.29, 0.717) is 4.88 Å². The number of sulfonamides is 1. The Hall–Kier alpha value is -1.03. The van der Waals surface area contributed by atoms with Crippen molar-refractivity contribution in [1.82, 2.24) is 10.0 Å². The maximum absolute atomic E-state index is 12.2. The Morgan fingerprint density at radius 1 is 1.38 bits per heavy atom. The molecular weight excluding hydrogens is 330 g/mol. The molecule has 4 N–H and O–H groups in total. The highest BCUT2D eigenvalue weighted by Gasteiger charge is 2.25. The van der Waals surface area contributed by atoms with E-state index in [2.05, 4.69) is 10.0 Å². The third-order valence-electron chi connectivity index (χ3n) is 2.31. The fourth-order valence-electron chi connectivity index (χ4n) is 1.42. The normalized spacial score (nSPS) is 13.7. The molecule has 6 nitrogen and oxygen atoms in total. The second-order valence-electron chi connectivity index (χ2n) is 5.57. The highest BCUT2D eigenvalue weighted by molar-refractivity contribution is 7.91. The number of nitrogens with one attached hydrogen (secondary N) is 2. The third-order valence-corrected chi connectivity index (χ3v) is 5.81. The van der Waals surface area contributed by atoms with Crippen LogP contribution in [0.15, 0.2) is 16.3 Å². The Labute approximate surface area is 134 Å². The molecule has 21 heavy (non-hydrogen) atoms. The molecule has 0 aliphatic heterocycles. The molecule has 0 radical (unpaired) electrons. The second-order valence-corrected chi connectivity index (χ2v) is 9.03. The Balaban J connectivity index is 2.84. The molecule has 1 unspecified atom stereocenters. The molecule has 0 spiro atoms. The highest BCUT2D eigenvalue weighted by atomic mass is 32.2. The maximum Gasteiger partial charge on any atom is 0.250 e. The summed E-state index contributed by atoms with van der Waals surface area (Å²) in [5.74, 6) is -0.391. The number of carbonyl (C=O) groups excluding carboxylic acids is 1. The van der Waals surface area contributed by atoms with Gasteiger partial charge in [-0.15, -0.1) is 11.3 Å². The topological polar surface area (TPSA) is 101 Å². The molecule has 0 saturated carbocycles. The molecule has 0 aromatic carbocycles. The summed E-state index contributed by atoms with van der Waals surface area (Å²) in [7, 11) is -3.78. The van der Waals surface area contributed by atoms with E-state index in [4.69, 9.17) is 18.0 Å². The summed E-state index contributed by atoms with van der Waals surface area (Å²) in [4.78, 5) is 12.6. The van der Waals surface area contributed by atoms with E-state index in [1.807, 2.05) is 20.8 Å². The smallest absolute Gasteiger partial charge is 0.250 e. The predicted octanol–water partition coefficient (Wildman–Crippen LogP) is 0.964. The van der Waals surface area contributed by atoms with Crippen LogP contribution in [0.3, 0.4) is 0 Å². The van der Waals surface area contributed by atoms with Crippen LogP contribution in [-0.4, -0.2) is 30.9 Å². The fourth-order valence-corrected chi connectivity index (χ4v) is 3.99. The lowest BCUT2D eigenvalue weighted by molar-refractivity contribution is -0.123. The fraction of sp³-hybridized carbons (Fsp3) is 0.500. The van der Waals surface area contributed by atoms with Gasteiger partial charge in [-0.1, -0.05) is 12.2 Å². The monoisotopic (exact) mass is 349 g/mol. The molecule has 1 aromatic rings. The summed E-state index contributed by atoms with van der Waals surface area (Å²) < 4.78 is 26.8. The quantitative estimate of drug-likeness (QED) is 0.688. The van der Waals surface area contributed by atoms with Gasteiger partial charge in [0.2, 0.25) is 5.91 Å². The van der Waals surface area contributed by atoms with Crippen LogP contribution in [0.4, 0.5) is 0 Å². The lowest BCUT2D eigenvalue weighted by Crippen LogP contribution is -2.50. The summed E-state index contributed by atoms with van der Waals surface area (Å²) in [5.41, 5.74) is 5.02. The van der Waals surface area contributed by atoms with Gasteiger partial charge in [-0.25, -0.2) is 8.42 Å². The summed E-state index contributed by atoms with van der Waals surface area (Å²) in [6, 6.07) is 2.07. The first-order chi connectivity index (χ1) is 9.42. The Morgan fingerprint density at radius 3 is 2.38 bits per heavy atom. The summed E-state index contributed by atoms with van der Waals surface area (Å²) >= 11 is 5.76. The first kappa shape index (κ1) is 18.0. The molecule has 9 heteroatoms. The molecule has 0 saturated heterocycles. The zero-order valence-electron chi connectivity index (χ0n) is 12.3. The predicted molar refractivity (Wildman–Crippen MR) is 87.9 cm³/mol. The number of thiophene rings is 1. The first-order valence-corrected chi connectivity index (χ1v) is 8.87. The number of hydrogen-bond acceptors (Lipinski definition) is 5. The van der Waals surface area contributed by atoms with Crippen molar-refractivity contribution in [2.45, 2.75) is 43.5 Å². The average molecular weight is 350 g/mol. The van der Waals surface area contributed by atoms with Crippen molar-refractivity contribution < 1.29 is 13.2 Å². The van der Waals surface area contributed by atoms with Gasteiger partial charge in [0.05, 0.1) is 10.9 Å². The summed E-state index contributed by atoms with van der Waals surface area (Å²) in [6.45, 7) is 6.94. The zero-order valence-corrected chi connectivity index (χ0v) is 14.7. The van der Waals surface area contributed by atoms with E-state index in [1.165, 1.54) is 13.0 Å². The van der Waals surface area contributed by atoms with Crippen LogP contribution in [0.25, 0.3) is 0 Å². The molecular formula is C12H19N3O3S3. The number of thiocarbonyl (C=S) groups is 1. The largest absolute Gasteiger partial charge is 0.389 e. The van der Waals surface area contributed by atoms with E-state index >= 15 is 0 Å². The van der Waals surface area contributed by atoms with Crippen molar-refractivity contribution in [3.8, 4) is 0 Å². The van der Waals surface area contributed by atoms with Crippen LogP contribution < -0.4 is 15.8 Å². The minimum atomic E-state index is -3.78. The standard InChI is InChI=1S/C12H19N3O3S3/c1-7(11(16)14-12(2,3)4)15-21(17,18)9-6-5-8(20-9)10(13)19/h5-7,15H,1-4H3,(H2,13,19)(H,14,16). The van der Waals surface area contributed by atoms with Crippen molar-refractivity contribution in [1.29, 1.82) is 0 Å². The van der Waals surface area contributed by atoms with Gasteiger partial charge < -0.3 is 11.1 Å². The Kier molecular flexibility index (Phi) is 5.48. The minimum Gasteiger partial charge on any atom is -0.389 e. The van der Waals surface area contributed by atoms with Crippen molar-refractivity contribution in [2.24, 2.45) is 5.73 Å². The van der Waals surface area contributed by atoms with Crippen molar-refractivity contribution in [3.63, 3.8) is 0 Å². The van der Waals surface area contributed by atoms with Gasteiger partial charge in [-0.2, -0.15) is 4.72 Å². The summed E-state index contributed by atoms with van der Waals surface area (Å²) in [5, 5.41) is 2.71. The van der Waals surface area contributed by atoms with Gasteiger partial charge in [0, 0.05) is 5.54 Å². The Morgan fingerprint density at radius 2 is 1.95 bits per heavy atom. The molecule has 118 valence electrons. The average Bonchev–Trinajstić information content (AvgIpc) is 2.75. The number of amides is 1. The highest BCUT2D eigenvalue weighted by Crippen LogP contribution is 2.21. The van der Waals surface area contributed by atoms with Crippen LogP contribution in [0.5, 0.6) is 0 Å². The molecule has 0 aliphatic rings. The molecule has 1 amide bonds. The molecule has 1 atom stereocenters. The Bertz CT molecular complexity index is 644. The minimum absolute atomic E-state index is 0.0701. The van der Waals surface area contributed by atoms with Crippen LogP contribution in [0.2, 0.25) is 0 Å². The van der Waals surface area contributed by atoms with Crippen molar-refractivity contribution in [3.05, 3.63) is 17.0 Å². The first-order valence-electron chi connectivity index (χ1n) is 6.16. The molecule has 0 aliphatic carbocycles. The second kappa shape index (κ2) is 6.39. The molecule has 1 heterocycles. The van der Waals surface area contributed by atoms with Crippen LogP contribution in [0, 0.1) is 0 Å². The molecule has 0 bridgehead atoms. The summed E-state index contributed by atoms with van der Waals surface area (Å²) in [6.07, 6.45) is 0. The van der Waals surface area contributed by atoms with E-state index in [-0.39, 0.29) is 9.20 Å². The van der Waals surface area contributed by atoms with Crippen LogP contribution in [-0.2, 0) is 14.8 Å². The zero-order chi connectivity index (χ0) is 16.4. The van der Waals surface area contributed by atoms with Gasteiger partial charge >= 0.3 is 0 Å². The van der Waals surface area contributed by atoms with E-state index in [1.54, 1.807) is 6.07 Å². The number of carbonyl (C=O) groups is 1. The van der Waals surface area contributed by atoms with E-state index in [9.17, 15) is 13.2 Å². The number of hydrogen-bond donors (Lipinski definition) is 3. The number of nitrogens with two attached hydrogens (primary N) is 1. The van der Waals surface area contributed by atoms with E-state index in [0.717, 1.165) is 11.3 Å². The van der Waals surface area contributed by atoms with Gasteiger partial charge in [-0.3, -0.25) is 4.79 Å². The number of rotatable bonds is 5. The van der Waals surface area contributed by atoms with Gasteiger partial charge in [0.1, 0.15) is 9.20 Å². The van der Waals surface area contributed by atoms with Crippen molar-refractivity contribution >= 4 is 44.5 Å². The lowest BCUT2D eigenvalue weighted by Gasteiger charge is -2.23. The van der Waals surface area contributed by atoms with Gasteiger partial charge in [-0.05, 0) is 39.8 Å². The SMILES string of the molecule is CC(NS(=O)(=O)c1ccc(C(N)=S)s1)C(=O)NC(C)(C)C. The van der Waals surface area contributed by atoms with Crippen LogP contribution in [0.1, 0.15) is 32.6 Å². The van der Waals surface area contributed by atoms with Gasteiger partial charge in [0.25, 0.3) is 10.0 Å². The molecule has 0 fully saturated rings. The van der Waals surface area contributed by atoms with Crippen molar-refractivity contribution in [2.75, 3.05) is 0 Å². The maximum atomic E-state index is 12.2. The lowest BCUT2D eigenvalue weighted by atomic mass is 10.1. The third kappa shape index (κ3) is 5.34. The van der Waals surface area contributed by atoms with Crippen LogP contribution >= 0.6 is 23.6 Å². The van der Waals surface area contributed by atoms with E-state index < -0.39 is 27.5 Å².